The molecule has 0 saturated heterocycles. The number of pyridine rings is 1. The van der Waals surface area contributed by atoms with Crippen molar-refractivity contribution in [2.24, 2.45) is 0 Å². The fourth-order valence-corrected chi connectivity index (χ4v) is 2.42. The summed E-state index contributed by atoms with van der Waals surface area (Å²) in [6.45, 7) is 1.30. The summed E-state index contributed by atoms with van der Waals surface area (Å²) in [5.41, 5.74) is 2.82. The molecule has 0 spiro atoms. The van der Waals surface area contributed by atoms with Crippen LogP contribution in [0.2, 0.25) is 0 Å². The lowest BCUT2D eigenvalue weighted by Gasteiger charge is -2.19. The molecule has 1 aliphatic carbocycles. The summed E-state index contributed by atoms with van der Waals surface area (Å²) in [5.74, 6) is 0.939. The van der Waals surface area contributed by atoms with Crippen molar-refractivity contribution in [1.29, 1.82) is 0 Å². The summed E-state index contributed by atoms with van der Waals surface area (Å²) in [6.07, 6.45) is 2.45. The number of carbonyl (C=O) groups excluding carboxylic acids is 1. The second-order valence-corrected chi connectivity index (χ2v) is 5.01. The van der Waals surface area contributed by atoms with Crippen molar-refractivity contribution in [3.8, 4) is 0 Å². The number of aromatic nitrogens is 1. The minimum atomic E-state index is 0.0233. The predicted octanol–water partition coefficient (Wildman–Crippen LogP) is 0.643. The van der Waals surface area contributed by atoms with Crippen LogP contribution in [0.3, 0.4) is 0 Å². The SMILES string of the molecule is CNCc1nc(N(C)C2CC2)cc2c1CNC2=O. The quantitative estimate of drug-likeness (QED) is 0.818. The molecule has 5 nitrogen and oxygen atoms in total. The second-order valence-electron chi connectivity index (χ2n) is 5.01. The maximum atomic E-state index is 11.8. The molecule has 2 N–H and O–H groups in total. The maximum absolute atomic E-state index is 11.8. The highest BCUT2D eigenvalue weighted by atomic mass is 16.1. The lowest BCUT2D eigenvalue weighted by atomic mass is 10.1. The van der Waals surface area contributed by atoms with E-state index in [-0.39, 0.29) is 5.91 Å². The van der Waals surface area contributed by atoms with E-state index in [1.807, 2.05) is 13.1 Å². The van der Waals surface area contributed by atoms with Gasteiger partial charge in [-0.3, -0.25) is 4.79 Å². The molecule has 1 aliphatic heterocycles. The molecule has 0 radical (unpaired) electrons. The average Bonchev–Trinajstić information content (AvgIpc) is 3.14. The Hall–Kier alpha value is -1.62. The van der Waals surface area contributed by atoms with Gasteiger partial charge in [0.25, 0.3) is 5.91 Å². The first-order valence-electron chi connectivity index (χ1n) is 6.39. The highest BCUT2D eigenvalue weighted by Crippen LogP contribution is 2.31. The Morgan fingerprint density at radius 1 is 1.56 bits per heavy atom. The molecule has 0 unspecified atom stereocenters. The van der Waals surface area contributed by atoms with E-state index in [9.17, 15) is 4.79 Å². The molecule has 18 heavy (non-hydrogen) atoms. The summed E-state index contributed by atoms with van der Waals surface area (Å²) in [4.78, 5) is 18.7. The highest BCUT2D eigenvalue weighted by molar-refractivity contribution is 5.99. The first kappa shape index (κ1) is 11.5. The molecule has 96 valence electrons. The van der Waals surface area contributed by atoms with Gasteiger partial charge in [0.05, 0.1) is 5.69 Å². The van der Waals surface area contributed by atoms with Crippen LogP contribution in [0, 0.1) is 0 Å². The van der Waals surface area contributed by atoms with E-state index in [1.165, 1.54) is 12.8 Å². The smallest absolute Gasteiger partial charge is 0.252 e. The van der Waals surface area contributed by atoms with Crippen LogP contribution in [-0.2, 0) is 13.1 Å². The van der Waals surface area contributed by atoms with Crippen molar-refractivity contribution >= 4 is 11.7 Å². The third-order valence-corrected chi connectivity index (χ3v) is 3.67. The van der Waals surface area contributed by atoms with Crippen molar-refractivity contribution in [3.05, 3.63) is 22.9 Å². The Morgan fingerprint density at radius 2 is 2.33 bits per heavy atom. The molecule has 0 atom stereocenters. The summed E-state index contributed by atoms with van der Waals surface area (Å²) in [7, 11) is 3.96. The van der Waals surface area contributed by atoms with Crippen LogP contribution < -0.4 is 15.5 Å². The predicted molar refractivity (Wildman–Crippen MR) is 69.6 cm³/mol. The van der Waals surface area contributed by atoms with Crippen molar-refractivity contribution < 1.29 is 4.79 Å². The monoisotopic (exact) mass is 246 g/mol. The zero-order chi connectivity index (χ0) is 12.7. The van der Waals surface area contributed by atoms with Crippen molar-refractivity contribution in [2.75, 3.05) is 19.0 Å². The molecule has 1 fully saturated rings. The van der Waals surface area contributed by atoms with Crippen LogP contribution in [0.25, 0.3) is 0 Å². The fraction of sp³-hybridized carbons (Fsp3) is 0.538. The summed E-state index contributed by atoms with van der Waals surface area (Å²) < 4.78 is 0. The van der Waals surface area contributed by atoms with E-state index in [2.05, 4.69) is 22.6 Å². The molecule has 1 aromatic heterocycles. The first-order chi connectivity index (χ1) is 8.70. The molecular formula is C13H18N4O. The second kappa shape index (κ2) is 4.24. The molecule has 1 saturated carbocycles. The number of rotatable bonds is 4. The van der Waals surface area contributed by atoms with Gasteiger partial charge in [-0.2, -0.15) is 0 Å². The Balaban J connectivity index is 2.02. The minimum absolute atomic E-state index is 0.0233. The molecule has 2 heterocycles. The third-order valence-electron chi connectivity index (χ3n) is 3.67. The van der Waals surface area contributed by atoms with Gasteiger partial charge < -0.3 is 15.5 Å². The van der Waals surface area contributed by atoms with Gasteiger partial charge in [-0.1, -0.05) is 0 Å². The van der Waals surface area contributed by atoms with Crippen LogP contribution >= 0.6 is 0 Å². The Kier molecular flexibility index (Phi) is 2.70. The first-order valence-corrected chi connectivity index (χ1v) is 6.39. The normalized spacial score (nSPS) is 17.6. The van der Waals surface area contributed by atoms with Crippen molar-refractivity contribution in [2.45, 2.75) is 32.0 Å². The van der Waals surface area contributed by atoms with Gasteiger partial charge in [0.15, 0.2) is 0 Å². The van der Waals surface area contributed by atoms with Gasteiger partial charge in [-0.25, -0.2) is 4.98 Å². The molecule has 0 aromatic carbocycles. The highest BCUT2D eigenvalue weighted by Gasteiger charge is 2.30. The Morgan fingerprint density at radius 3 is 3.00 bits per heavy atom. The number of carbonyl (C=O) groups is 1. The van der Waals surface area contributed by atoms with Crippen molar-refractivity contribution in [1.82, 2.24) is 15.6 Å². The molecule has 1 aromatic rings. The summed E-state index contributed by atoms with van der Waals surface area (Å²) in [5, 5.41) is 5.99. The maximum Gasteiger partial charge on any atom is 0.252 e. The average molecular weight is 246 g/mol. The van der Waals surface area contributed by atoms with Crippen LogP contribution in [0.4, 0.5) is 5.82 Å². The Bertz CT molecular complexity index is 496. The van der Waals surface area contributed by atoms with Gasteiger partial charge in [-0.15, -0.1) is 0 Å². The lowest BCUT2D eigenvalue weighted by Crippen LogP contribution is -2.22. The van der Waals surface area contributed by atoms with E-state index in [4.69, 9.17) is 4.98 Å². The van der Waals surface area contributed by atoms with Crippen molar-refractivity contribution in [3.63, 3.8) is 0 Å². The molecule has 2 aliphatic rings. The number of hydrogen-bond donors (Lipinski definition) is 2. The molecule has 5 heteroatoms. The lowest BCUT2D eigenvalue weighted by molar-refractivity contribution is 0.0965. The van der Waals surface area contributed by atoms with Gasteiger partial charge in [0.2, 0.25) is 0 Å². The molecule has 0 bridgehead atoms. The van der Waals surface area contributed by atoms with E-state index >= 15 is 0 Å². The van der Waals surface area contributed by atoms with Crippen LogP contribution in [0.5, 0.6) is 0 Å². The topological polar surface area (TPSA) is 57.3 Å². The summed E-state index contributed by atoms with van der Waals surface area (Å²) in [6, 6.07) is 2.53. The third kappa shape index (κ3) is 1.84. The molecule has 3 rings (SSSR count). The zero-order valence-corrected chi connectivity index (χ0v) is 10.8. The van der Waals surface area contributed by atoms with Gasteiger partial charge in [0.1, 0.15) is 5.82 Å². The number of hydrogen-bond acceptors (Lipinski definition) is 4. The zero-order valence-electron chi connectivity index (χ0n) is 10.8. The van der Waals surface area contributed by atoms with E-state index < -0.39 is 0 Å². The van der Waals surface area contributed by atoms with Crippen LogP contribution in [-0.4, -0.2) is 31.0 Å². The van der Waals surface area contributed by atoms with Gasteiger partial charge in [-0.05, 0) is 26.0 Å². The van der Waals surface area contributed by atoms with E-state index in [0.717, 1.165) is 22.6 Å². The van der Waals surface area contributed by atoms with Crippen LogP contribution in [0.1, 0.15) is 34.5 Å². The Labute approximate surface area is 107 Å². The van der Waals surface area contributed by atoms with Gasteiger partial charge in [0, 0.05) is 37.3 Å². The number of nitrogens with zero attached hydrogens (tertiary/aromatic N) is 2. The number of anilines is 1. The van der Waals surface area contributed by atoms with Crippen LogP contribution in [0.15, 0.2) is 6.07 Å². The van der Waals surface area contributed by atoms with Gasteiger partial charge >= 0.3 is 0 Å². The minimum Gasteiger partial charge on any atom is -0.357 e. The molecule has 1 amide bonds. The van der Waals surface area contributed by atoms with E-state index in [0.29, 0.717) is 19.1 Å². The number of nitrogens with one attached hydrogen (secondary N) is 2. The standard InChI is InChI=1S/C13H18N4O/c1-14-7-11-10-6-15-13(18)9(10)5-12(16-11)17(2)8-3-4-8/h5,8,14H,3-4,6-7H2,1-2H3,(H,15,18). The number of amides is 1. The van der Waals surface area contributed by atoms with E-state index in [1.54, 1.807) is 0 Å². The number of fused-ring (bicyclic) bond motifs is 1. The summed E-state index contributed by atoms with van der Waals surface area (Å²) >= 11 is 0. The largest absolute Gasteiger partial charge is 0.357 e. The fourth-order valence-electron chi connectivity index (χ4n) is 2.42. The molecular weight excluding hydrogens is 228 g/mol.